The summed E-state index contributed by atoms with van der Waals surface area (Å²) in [5, 5.41) is 16.3. The Hall–Kier alpha value is -0.530. The van der Waals surface area contributed by atoms with Crippen molar-refractivity contribution in [2.45, 2.75) is 75.5 Å². The molecule has 0 aromatic carbocycles. The fraction of sp³-hybridized carbons (Fsp3) is 0.941. The number of Topliss-reactive ketones (excluding diaryl/α,β-unsaturated/α-hetero) is 1. The van der Waals surface area contributed by atoms with Gasteiger partial charge in [0, 0.05) is 18.6 Å². The van der Waals surface area contributed by atoms with E-state index in [1.807, 2.05) is 0 Å². The molecule has 1 saturated carbocycles. The number of ether oxygens (including phenoxy) is 1. The minimum Gasteiger partial charge on any atom is -0.396 e. The van der Waals surface area contributed by atoms with E-state index in [-0.39, 0.29) is 48.8 Å². The van der Waals surface area contributed by atoms with E-state index in [0.717, 1.165) is 18.8 Å². The molecule has 3 heterocycles. The molecule has 4 aliphatic rings. The van der Waals surface area contributed by atoms with E-state index in [2.05, 4.69) is 10.6 Å². The first kappa shape index (κ1) is 16.0. The Morgan fingerprint density at radius 1 is 1.17 bits per heavy atom. The molecule has 3 aliphatic heterocycles. The fourth-order valence-corrected chi connectivity index (χ4v) is 5.12. The van der Waals surface area contributed by atoms with E-state index in [1.165, 1.54) is 25.7 Å². The molecule has 23 heavy (non-hydrogen) atoms. The molecule has 6 nitrogen and oxygen atoms in total. The van der Waals surface area contributed by atoms with Gasteiger partial charge in [-0.05, 0) is 38.0 Å². The van der Waals surface area contributed by atoms with Crippen LogP contribution in [0.1, 0.15) is 44.9 Å². The van der Waals surface area contributed by atoms with Gasteiger partial charge >= 0.3 is 0 Å². The molecule has 0 spiro atoms. The van der Waals surface area contributed by atoms with Crippen LogP contribution in [-0.4, -0.2) is 48.1 Å². The maximum atomic E-state index is 13.0. The number of nitrogens with one attached hydrogen (secondary N) is 2. The molecule has 0 amide bonds. The molecule has 0 aromatic rings. The summed E-state index contributed by atoms with van der Waals surface area (Å²) in [5.41, 5.74) is 6.04. The Balaban J connectivity index is 1.47. The van der Waals surface area contributed by atoms with Crippen LogP contribution in [0.4, 0.5) is 0 Å². The van der Waals surface area contributed by atoms with Gasteiger partial charge in [0.2, 0.25) is 0 Å². The van der Waals surface area contributed by atoms with Crippen molar-refractivity contribution >= 4 is 5.78 Å². The molecule has 6 heteroatoms. The van der Waals surface area contributed by atoms with Gasteiger partial charge in [-0.1, -0.05) is 12.8 Å². The third-order valence-electron chi connectivity index (χ3n) is 6.51. The van der Waals surface area contributed by atoms with Gasteiger partial charge in [-0.3, -0.25) is 10.1 Å². The smallest absolute Gasteiger partial charge is 0.159 e. The monoisotopic (exact) mass is 323 g/mol. The molecule has 4 fully saturated rings. The van der Waals surface area contributed by atoms with Crippen molar-refractivity contribution in [2.75, 3.05) is 6.61 Å². The van der Waals surface area contributed by atoms with Crippen LogP contribution in [0.2, 0.25) is 0 Å². The van der Waals surface area contributed by atoms with Gasteiger partial charge in [-0.25, -0.2) is 0 Å². The first-order valence-corrected chi connectivity index (χ1v) is 9.25. The Morgan fingerprint density at radius 2 is 1.96 bits per heavy atom. The van der Waals surface area contributed by atoms with Crippen molar-refractivity contribution in [3.63, 3.8) is 0 Å². The zero-order valence-electron chi connectivity index (χ0n) is 13.6. The van der Waals surface area contributed by atoms with Crippen LogP contribution in [0.25, 0.3) is 0 Å². The molecule has 0 radical (unpaired) electrons. The molecular formula is C17H29N3O3. The number of aliphatic hydroxyl groups is 1. The number of carbonyl (C=O) groups excluding carboxylic acids is 1. The lowest BCUT2D eigenvalue weighted by molar-refractivity contribution is -0.173. The van der Waals surface area contributed by atoms with Gasteiger partial charge in [0.1, 0.15) is 6.23 Å². The minimum atomic E-state index is -0.298. The van der Waals surface area contributed by atoms with E-state index in [9.17, 15) is 9.90 Å². The standard InChI is InChI=1S/C17H29N3O3/c18-16-10(8-21)7-11-15(22)14-13(23-17(11)20-16)6-5-12(19-14)9-3-1-2-4-9/h9-14,16-17,19-21H,1-8,18H2. The lowest BCUT2D eigenvalue weighted by atomic mass is 9.76. The molecule has 0 aromatic heterocycles. The van der Waals surface area contributed by atoms with E-state index >= 15 is 0 Å². The van der Waals surface area contributed by atoms with E-state index in [0.29, 0.717) is 12.5 Å². The van der Waals surface area contributed by atoms with Crippen LogP contribution >= 0.6 is 0 Å². The molecule has 0 bridgehead atoms. The first-order chi connectivity index (χ1) is 11.2. The van der Waals surface area contributed by atoms with Crippen LogP contribution in [0.3, 0.4) is 0 Å². The van der Waals surface area contributed by atoms with Crippen molar-refractivity contribution in [1.29, 1.82) is 0 Å². The van der Waals surface area contributed by atoms with Crippen LogP contribution < -0.4 is 16.4 Å². The van der Waals surface area contributed by atoms with Crippen molar-refractivity contribution in [1.82, 2.24) is 10.6 Å². The molecule has 1 aliphatic carbocycles. The normalized spacial score (nSPS) is 48.1. The maximum Gasteiger partial charge on any atom is 0.159 e. The van der Waals surface area contributed by atoms with Crippen molar-refractivity contribution in [3.05, 3.63) is 0 Å². The SMILES string of the molecule is NC1NC2OC3CCC(C4CCCC4)NC3C(=O)C2CC1CO. The number of piperidine rings is 2. The van der Waals surface area contributed by atoms with Crippen LogP contribution in [0.5, 0.6) is 0 Å². The Labute approximate surface area is 137 Å². The molecule has 130 valence electrons. The molecular weight excluding hydrogens is 294 g/mol. The number of hydrogen-bond acceptors (Lipinski definition) is 6. The number of ketones is 1. The molecule has 7 atom stereocenters. The summed E-state index contributed by atoms with van der Waals surface area (Å²) in [6.07, 6.45) is 7.28. The number of aliphatic hydroxyl groups excluding tert-OH is 1. The largest absolute Gasteiger partial charge is 0.396 e. The quantitative estimate of drug-likeness (QED) is 0.575. The second kappa shape index (κ2) is 6.41. The predicted octanol–water partition coefficient (Wildman–Crippen LogP) is 0.0940. The Kier molecular flexibility index (Phi) is 4.45. The van der Waals surface area contributed by atoms with E-state index in [4.69, 9.17) is 10.5 Å². The molecule has 7 unspecified atom stereocenters. The second-order valence-electron chi connectivity index (χ2n) is 7.85. The molecule has 5 N–H and O–H groups in total. The third-order valence-corrected chi connectivity index (χ3v) is 6.51. The summed E-state index contributed by atoms with van der Waals surface area (Å²) in [7, 11) is 0. The fourth-order valence-electron chi connectivity index (χ4n) is 5.12. The van der Waals surface area contributed by atoms with Gasteiger partial charge < -0.3 is 20.9 Å². The summed E-state index contributed by atoms with van der Waals surface area (Å²) < 4.78 is 6.18. The number of nitrogens with two attached hydrogens (primary N) is 1. The summed E-state index contributed by atoms with van der Waals surface area (Å²) in [4.78, 5) is 13.0. The van der Waals surface area contributed by atoms with Crippen molar-refractivity contribution in [2.24, 2.45) is 23.5 Å². The van der Waals surface area contributed by atoms with Gasteiger partial charge in [0.15, 0.2) is 5.78 Å². The lowest BCUT2D eigenvalue weighted by Gasteiger charge is -2.50. The highest BCUT2D eigenvalue weighted by molar-refractivity contribution is 5.88. The van der Waals surface area contributed by atoms with Gasteiger partial charge in [-0.2, -0.15) is 0 Å². The highest BCUT2D eigenvalue weighted by Crippen LogP contribution is 2.37. The van der Waals surface area contributed by atoms with Crippen molar-refractivity contribution < 1.29 is 14.6 Å². The van der Waals surface area contributed by atoms with Crippen LogP contribution in [-0.2, 0) is 9.53 Å². The average Bonchev–Trinajstić information content (AvgIpc) is 3.09. The van der Waals surface area contributed by atoms with Crippen LogP contribution in [0, 0.1) is 17.8 Å². The summed E-state index contributed by atoms with van der Waals surface area (Å²) in [5.74, 6) is 0.717. The van der Waals surface area contributed by atoms with Crippen molar-refractivity contribution in [3.8, 4) is 0 Å². The highest BCUT2D eigenvalue weighted by Gasteiger charge is 2.51. The number of hydrogen-bond donors (Lipinski definition) is 4. The topological polar surface area (TPSA) is 96.6 Å². The second-order valence-corrected chi connectivity index (χ2v) is 7.85. The molecule has 3 saturated heterocycles. The van der Waals surface area contributed by atoms with E-state index in [1.54, 1.807) is 0 Å². The Morgan fingerprint density at radius 3 is 2.70 bits per heavy atom. The van der Waals surface area contributed by atoms with Gasteiger partial charge in [-0.15, -0.1) is 0 Å². The number of fused-ring (bicyclic) bond motifs is 2. The third kappa shape index (κ3) is 2.85. The van der Waals surface area contributed by atoms with Crippen LogP contribution in [0.15, 0.2) is 0 Å². The van der Waals surface area contributed by atoms with Gasteiger partial charge in [0.25, 0.3) is 0 Å². The zero-order chi connectivity index (χ0) is 16.0. The number of rotatable bonds is 2. The number of carbonyl (C=O) groups is 1. The maximum absolute atomic E-state index is 13.0. The predicted molar refractivity (Wildman–Crippen MR) is 85.4 cm³/mol. The average molecular weight is 323 g/mol. The zero-order valence-corrected chi connectivity index (χ0v) is 13.6. The summed E-state index contributed by atoms with van der Waals surface area (Å²) >= 11 is 0. The molecule has 4 rings (SSSR count). The summed E-state index contributed by atoms with van der Waals surface area (Å²) in [6, 6.07) is 0.293. The van der Waals surface area contributed by atoms with Gasteiger partial charge in [0.05, 0.1) is 24.2 Å². The van der Waals surface area contributed by atoms with E-state index < -0.39 is 0 Å². The summed E-state index contributed by atoms with van der Waals surface area (Å²) in [6.45, 7) is 0.0108. The lowest BCUT2D eigenvalue weighted by Crippen LogP contribution is -2.69. The minimum absolute atomic E-state index is 0.0108. The Bertz CT molecular complexity index is 454. The first-order valence-electron chi connectivity index (χ1n) is 9.25. The highest BCUT2D eigenvalue weighted by atomic mass is 16.5.